The molecule has 0 unspecified atom stereocenters. The zero-order valence-corrected chi connectivity index (χ0v) is 8.39. The molecule has 0 rings (SSSR count). The van der Waals surface area contributed by atoms with Gasteiger partial charge in [0.15, 0.2) is 0 Å². The maximum Gasteiger partial charge on any atom is 0.412 e. The lowest BCUT2D eigenvalue weighted by atomic mass is 10.7. The molecule has 0 heterocycles. The highest BCUT2D eigenvalue weighted by atomic mass is 19.4. The second-order valence-electron chi connectivity index (χ2n) is 2.75. The third-order valence-electron chi connectivity index (χ3n) is 1.03. The molecule has 0 atom stereocenters. The Balaban J connectivity index is 4.19. The molecule has 0 aromatic heterocycles. The summed E-state index contributed by atoms with van der Waals surface area (Å²) < 4.78 is 81.7. The number of halogens is 6. The van der Waals surface area contributed by atoms with Gasteiger partial charge >= 0.3 is 24.8 Å². The van der Waals surface area contributed by atoms with E-state index in [9.17, 15) is 31.1 Å². The summed E-state index contributed by atoms with van der Waals surface area (Å²) in [6.07, 6.45) is -9.56. The van der Waals surface area contributed by atoms with Crippen molar-refractivity contribution >= 4 is 5.97 Å². The first-order valence-electron chi connectivity index (χ1n) is 4.03. The molecule has 17 heavy (non-hydrogen) atoms. The van der Waals surface area contributed by atoms with Gasteiger partial charge in [0, 0.05) is 6.92 Å². The van der Waals surface area contributed by atoms with Crippen LogP contribution >= 0.6 is 0 Å². The molecule has 0 saturated carbocycles. The van der Waals surface area contributed by atoms with E-state index in [1.165, 1.54) is 0 Å². The first-order valence-corrected chi connectivity index (χ1v) is 4.03. The molecule has 0 aliphatic heterocycles. The third-order valence-corrected chi connectivity index (χ3v) is 1.03. The summed E-state index contributed by atoms with van der Waals surface area (Å²) in [4.78, 5) is 10.4. The molecular formula is C7H8F6O4. The van der Waals surface area contributed by atoms with Gasteiger partial charge in [-0.1, -0.05) is 0 Å². The minimum absolute atomic E-state index is 0.779. The average molecular weight is 270 g/mol. The van der Waals surface area contributed by atoms with Crippen molar-refractivity contribution in [1.29, 1.82) is 0 Å². The smallest absolute Gasteiger partial charge is 0.410 e. The molecule has 0 saturated heterocycles. The van der Waals surface area contributed by atoms with Gasteiger partial charge < -0.3 is 14.2 Å². The zero-order valence-electron chi connectivity index (χ0n) is 8.39. The van der Waals surface area contributed by atoms with Crippen LogP contribution in [-0.4, -0.2) is 38.0 Å². The van der Waals surface area contributed by atoms with Gasteiger partial charge in [-0.25, -0.2) is 0 Å². The summed E-state index contributed by atoms with van der Waals surface area (Å²) in [6, 6.07) is 0. The zero-order chi connectivity index (χ0) is 13.7. The SMILES string of the molecule is CC(=O)OC(OCC(F)(F)F)OCC(F)(F)F. The third kappa shape index (κ3) is 11.2. The Morgan fingerprint density at radius 3 is 1.59 bits per heavy atom. The van der Waals surface area contributed by atoms with E-state index in [-0.39, 0.29) is 0 Å². The van der Waals surface area contributed by atoms with Crippen LogP contribution in [0.15, 0.2) is 0 Å². The number of carbonyl (C=O) groups is 1. The Kier molecular flexibility index (Phi) is 5.69. The summed E-state index contributed by atoms with van der Waals surface area (Å²) in [5, 5.41) is 0. The summed E-state index contributed by atoms with van der Waals surface area (Å²) in [7, 11) is 0. The molecule has 0 fully saturated rings. The molecule has 0 aromatic rings. The van der Waals surface area contributed by atoms with Gasteiger partial charge in [-0.3, -0.25) is 4.79 Å². The van der Waals surface area contributed by atoms with Crippen LogP contribution in [0.25, 0.3) is 0 Å². The van der Waals surface area contributed by atoms with Crippen LogP contribution < -0.4 is 0 Å². The standard InChI is InChI=1S/C7H8F6O4/c1-4(14)17-5(15-2-6(8,9)10)16-3-7(11,12)13/h5H,2-3H2,1H3. The predicted octanol–water partition coefficient (Wildman–Crippen LogP) is 1.99. The number of hydrogen-bond donors (Lipinski definition) is 0. The van der Waals surface area contributed by atoms with E-state index in [4.69, 9.17) is 0 Å². The second kappa shape index (κ2) is 6.05. The molecule has 0 aromatic carbocycles. The van der Waals surface area contributed by atoms with Crippen molar-refractivity contribution in [2.45, 2.75) is 25.8 Å². The van der Waals surface area contributed by atoms with Crippen molar-refractivity contribution in [1.82, 2.24) is 0 Å². The number of hydrogen-bond acceptors (Lipinski definition) is 4. The molecule has 102 valence electrons. The molecule has 10 heteroatoms. The van der Waals surface area contributed by atoms with Gasteiger partial charge in [0.05, 0.1) is 0 Å². The number of carbonyl (C=O) groups excluding carboxylic acids is 1. The fourth-order valence-corrected chi connectivity index (χ4v) is 0.577. The second-order valence-corrected chi connectivity index (χ2v) is 2.75. The van der Waals surface area contributed by atoms with Gasteiger partial charge in [-0.15, -0.1) is 0 Å². The fourth-order valence-electron chi connectivity index (χ4n) is 0.577. The van der Waals surface area contributed by atoms with E-state index in [0.29, 0.717) is 0 Å². The van der Waals surface area contributed by atoms with Crippen molar-refractivity contribution in [3.8, 4) is 0 Å². The van der Waals surface area contributed by atoms with Crippen LogP contribution in [0.5, 0.6) is 0 Å². The minimum Gasteiger partial charge on any atom is -0.410 e. The molecular weight excluding hydrogens is 262 g/mol. The molecule has 0 aliphatic carbocycles. The van der Waals surface area contributed by atoms with Crippen molar-refractivity contribution < 1.29 is 45.3 Å². The normalized spacial score (nSPS) is 12.9. The number of alkyl halides is 6. The largest absolute Gasteiger partial charge is 0.412 e. The molecule has 0 spiro atoms. The van der Waals surface area contributed by atoms with Gasteiger partial charge in [-0.05, 0) is 0 Å². The van der Waals surface area contributed by atoms with E-state index in [1.807, 2.05) is 0 Å². The molecule has 0 aliphatic rings. The Bertz CT molecular complexity index is 230. The molecule has 0 radical (unpaired) electrons. The van der Waals surface area contributed by atoms with E-state index < -0.39 is 38.0 Å². The summed E-state index contributed by atoms with van der Waals surface area (Å²) in [6.45, 7) is -5.37. The Morgan fingerprint density at radius 1 is 1.00 bits per heavy atom. The van der Waals surface area contributed by atoms with Crippen molar-refractivity contribution in [2.75, 3.05) is 13.2 Å². The van der Waals surface area contributed by atoms with Crippen LogP contribution in [0.1, 0.15) is 6.92 Å². The highest BCUT2D eigenvalue weighted by Crippen LogP contribution is 2.19. The maximum atomic E-state index is 11.7. The highest BCUT2D eigenvalue weighted by molar-refractivity contribution is 5.65. The van der Waals surface area contributed by atoms with E-state index in [1.54, 1.807) is 0 Å². The molecule has 0 bridgehead atoms. The lowest BCUT2D eigenvalue weighted by molar-refractivity contribution is -0.326. The number of ether oxygens (including phenoxy) is 3. The van der Waals surface area contributed by atoms with Gasteiger partial charge in [0.2, 0.25) is 0 Å². The summed E-state index contributed by atoms with van der Waals surface area (Å²) in [5.41, 5.74) is 0. The Morgan fingerprint density at radius 2 is 1.35 bits per heavy atom. The molecule has 4 nitrogen and oxygen atoms in total. The van der Waals surface area contributed by atoms with Gasteiger partial charge in [-0.2, -0.15) is 26.3 Å². The van der Waals surface area contributed by atoms with Crippen LogP contribution in [0, 0.1) is 0 Å². The van der Waals surface area contributed by atoms with E-state index in [2.05, 4.69) is 14.2 Å². The predicted molar refractivity (Wildman–Crippen MR) is 39.6 cm³/mol. The number of esters is 1. The Hall–Kier alpha value is -1.03. The maximum absolute atomic E-state index is 11.7. The number of rotatable bonds is 5. The van der Waals surface area contributed by atoms with Gasteiger partial charge in [0.1, 0.15) is 13.2 Å². The van der Waals surface area contributed by atoms with E-state index >= 15 is 0 Å². The molecule has 0 N–H and O–H groups in total. The van der Waals surface area contributed by atoms with Crippen molar-refractivity contribution in [2.24, 2.45) is 0 Å². The topological polar surface area (TPSA) is 44.8 Å². The first kappa shape index (κ1) is 16.0. The van der Waals surface area contributed by atoms with Crippen molar-refractivity contribution in [3.05, 3.63) is 0 Å². The van der Waals surface area contributed by atoms with Crippen LogP contribution in [0.4, 0.5) is 26.3 Å². The average Bonchev–Trinajstić information content (AvgIpc) is 2.06. The van der Waals surface area contributed by atoms with Crippen LogP contribution in [0.2, 0.25) is 0 Å². The summed E-state index contributed by atoms with van der Waals surface area (Å²) >= 11 is 0. The minimum atomic E-state index is -4.78. The van der Waals surface area contributed by atoms with Gasteiger partial charge in [0.25, 0.3) is 0 Å². The fraction of sp³-hybridized carbons (Fsp3) is 0.857. The van der Waals surface area contributed by atoms with Crippen LogP contribution in [-0.2, 0) is 19.0 Å². The van der Waals surface area contributed by atoms with Crippen molar-refractivity contribution in [3.63, 3.8) is 0 Å². The van der Waals surface area contributed by atoms with Crippen LogP contribution in [0.3, 0.4) is 0 Å². The lowest BCUT2D eigenvalue weighted by Gasteiger charge is -2.19. The molecule has 0 amide bonds. The highest BCUT2D eigenvalue weighted by Gasteiger charge is 2.33. The lowest BCUT2D eigenvalue weighted by Crippen LogP contribution is -2.32. The Labute approximate surface area is 91.4 Å². The monoisotopic (exact) mass is 270 g/mol. The first-order chi connectivity index (χ1) is 7.49. The summed E-state index contributed by atoms with van der Waals surface area (Å²) in [5.74, 6) is -1.14. The quantitative estimate of drug-likeness (QED) is 0.435. The van der Waals surface area contributed by atoms with E-state index in [0.717, 1.165) is 6.92 Å².